The second-order valence-electron chi connectivity index (χ2n) is 6.89. The minimum Gasteiger partial charge on any atom is -0.454 e. The summed E-state index contributed by atoms with van der Waals surface area (Å²) >= 11 is 5.22. The van der Waals surface area contributed by atoms with Gasteiger partial charge in [-0.15, -0.1) is 0 Å². The average Bonchev–Trinajstić information content (AvgIpc) is 3.42. The van der Waals surface area contributed by atoms with Gasteiger partial charge in [-0.2, -0.15) is 5.10 Å². The zero-order chi connectivity index (χ0) is 21.2. The highest BCUT2D eigenvalue weighted by Crippen LogP contribution is 2.32. The Bertz CT molecular complexity index is 1270. The summed E-state index contributed by atoms with van der Waals surface area (Å²) in [5, 5.41) is 11.1. The van der Waals surface area contributed by atoms with E-state index >= 15 is 0 Å². The lowest BCUT2D eigenvalue weighted by molar-refractivity contribution is 0.174. The second-order valence-corrected chi connectivity index (χ2v) is 7.30. The first-order chi connectivity index (χ1) is 15.2. The molecule has 5 rings (SSSR count). The highest BCUT2D eigenvalue weighted by molar-refractivity contribution is 7.80. The number of pyridine rings is 1. The zero-order valence-electron chi connectivity index (χ0n) is 16.7. The minimum atomic E-state index is 0.261. The molecule has 4 heterocycles. The summed E-state index contributed by atoms with van der Waals surface area (Å²) in [4.78, 5) is 13.7. The fraction of sp³-hybridized carbons (Fsp3) is 0.190. The Morgan fingerprint density at radius 2 is 2.03 bits per heavy atom. The van der Waals surface area contributed by atoms with Crippen molar-refractivity contribution in [3.05, 3.63) is 54.5 Å². The van der Waals surface area contributed by atoms with Gasteiger partial charge in [-0.25, -0.2) is 9.97 Å². The van der Waals surface area contributed by atoms with Gasteiger partial charge >= 0.3 is 0 Å². The van der Waals surface area contributed by atoms with Crippen LogP contribution in [-0.2, 0) is 6.54 Å². The van der Waals surface area contributed by atoms with Crippen LogP contribution in [0, 0.1) is 0 Å². The summed E-state index contributed by atoms with van der Waals surface area (Å²) < 4.78 is 12.7. The summed E-state index contributed by atoms with van der Waals surface area (Å²) in [5.74, 6) is 2.14. The largest absolute Gasteiger partial charge is 0.454 e. The van der Waals surface area contributed by atoms with E-state index in [1.54, 1.807) is 12.4 Å². The topological polar surface area (TPSA) is 99.0 Å². The van der Waals surface area contributed by atoms with Crippen LogP contribution in [0.15, 0.2) is 48.9 Å². The number of nitrogens with one attached hydrogen (secondary N) is 2. The number of anilines is 1. The third-order valence-electron chi connectivity index (χ3n) is 4.70. The summed E-state index contributed by atoms with van der Waals surface area (Å²) in [7, 11) is 0. The van der Waals surface area contributed by atoms with Crippen molar-refractivity contribution in [1.29, 1.82) is 0 Å². The van der Waals surface area contributed by atoms with Crippen molar-refractivity contribution in [3.63, 3.8) is 0 Å². The lowest BCUT2D eigenvalue weighted by Gasteiger charge is -2.08. The first kappa shape index (κ1) is 19.2. The van der Waals surface area contributed by atoms with Gasteiger partial charge in [0, 0.05) is 18.3 Å². The van der Waals surface area contributed by atoms with E-state index in [2.05, 4.69) is 30.7 Å². The van der Waals surface area contributed by atoms with Crippen molar-refractivity contribution in [2.45, 2.75) is 13.5 Å². The van der Waals surface area contributed by atoms with Crippen molar-refractivity contribution in [2.75, 3.05) is 18.7 Å². The molecule has 1 aliphatic heterocycles. The van der Waals surface area contributed by atoms with Crippen LogP contribution in [-0.4, -0.2) is 43.2 Å². The van der Waals surface area contributed by atoms with Gasteiger partial charge in [0.05, 0.1) is 24.6 Å². The molecule has 156 valence electrons. The molecule has 10 heteroatoms. The summed E-state index contributed by atoms with van der Waals surface area (Å²) in [6.45, 7) is 3.58. The molecule has 0 fully saturated rings. The van der Waals surface area contributed by atoms with Crippen molar-refractivity contribution in [1.82, 2.24) is 30.0 Å². The van der Waals surface area contributed by atoms with E-state index in [0.29, 0.717) is 34.3 Å². The van der Waals surface area contributed by atoms with Crippen LogP contribution in [0.1, 0.15) is 12.5 Å². The maximum absolute atomic E-state index is 5.45. The molecule has 0 radical (unpaired) electrons. The van der Waals surface area contributed by atoms with Crippen LogP contribution in [0.3, 0.4) is 0 Å². The predicted octanol–water partition coefficient (Wildman–Crippen LogP) is 2.97. The van der Waals surface area contributed by atoms with Crippen LogP contribution >= 0.6 is 12.2 Å². The summed E-state index contributed by atoms with van der Waals surface area (Å²) in [6, 6.07) is 9.56. The highest BCUT2D eigenvalue weighted by Gasteiger charge is 2.14. The van der Waals surface area contributed by atoms with Crippen molar-refractivity contribution in [2.24, 2.45) is 0 Å². The van der Waals surface area contributed by atoms with Crippen molar-refractivity contribution >= 4 is 34.3 Å². The molecule has 4 aromatic rings. The number of fused-ring (bicyclic) bond motifs is 2. The maximum Gasteiger partial charge on any atom is 0.231 e. The van der Waals surface area contributed by atoms with E-state index in [1.165, 1.54) is 0 Å². The fourth-order valence-corrected chi connectivity index (χ4v) is 3.49. The molecular formula is C21H19N7O2S. The molecule has 3 aromatic heterocycles. The number of hydrogen-bond donors (Lipinski definition) is 2. The predicted molar refractivity (Wildman–Crippen MR) is 120 cm³/mol. The lowest BCUT2D eigenvalue weighted by atomic mass is 10.2. The molecule has 9 nitrogen and oxygen atoms in total. The van der Waals surface area contributed by atoms with E-state index in [1.807, 2.05) is 48.1 Å². The Balaban J connectivity index is 1.36. The minimum absolute atomic E-state index is 0.261. The van der Waals surface area contributed by atoms with Crippen molar-refractivity contribution in [3.8, 4) is 22.8 Å². The Hall–Kier alpha value is -3.79. The van der Waals surface area contributed by atoms with Crippen LogP contribution in [0.5, 0.6) is 11.5 Å². The molecule has 1 aromatic carbocycles. The first-order valence-corrected chi connectivity index (χ1v) is 10.2. The molecule has 2 N–H and O–H groups in total. The molecule has 0 atom stereocenters. The highest BCUT2D eigenvalue weighted by atomic mass is 32.1. The van der Waals surface area contributed by atoms with Gasteiger partial charge < -0.3 is 20.1 Å². The van der Waals surface area contributed by atoms with Crippen LogP contribution in [0.25, 0.3) is 22.4 Å². The number of benzene rings is 1. The molecule has 31 heavy (non-hydrogen) atoms. The normalized spacial score (nSPS) is 12.2. The molecule has 0 amide bonds. The van der Waals surface area contributed by atoms with Gasteiger partial charge in [0.25, 0.3) is 0 Å². The molecule has 0 spiro atoms. The van der Waals surface area contributed by atoms with Gasteiger partial charge in [-0.05, 0) is 49.0 Å². The van der Waals surface area contributed by atoms with Crippen LogP contribution < -0.4 is 20.1 Å². The van der Waals surface area contributed by atoms with E-state index in [4.69, 9.17) is 21.7 Å². The number of aromatic nitrogens is 5. The fourth-order valence-electron chi connectivity index (χ4n) is 3.24. The number of ether oxygens (including phenoxy) is 2. The maximum atomic E-state index is 5.45. The molecule has 1 aliphatic rings. The Morgan fingerprint density at radius 3 is 2.94 bits per heavy atom. The summed E-state index contributed by atoms with van der Waals surface area (Å²) in [6.07, 6.45) is 5.43. The number of nitrogens with zero attached hydrogens (tertiary/aromatic N) is 5. The number of rotatable bonds is 5. The van der Waals surface area contributed by atoms with Crippen LogP contribution in [0.2, 0.25) is 0 Å². The van der Waals surface area contributed by atoms with E-state index < -0.39 is 0 Å². The van der Waals surface area contributed by atoms with E-state index in [9.17, 15) is 0 Å². The van der Waals surface area contributed by atoms with Gasteiger partial charge in [-0.1, -0.05) is 6.07 Å². The smallest absolute Gasteiger partial charge is 0.231 e. The van der Waals surface area contributed by atoms with Gasteiger partial charge in [0.1, 0.15) is 11.3 Å². The molecular weight excluding hydrogens is 414 g/mol. The molecule has 0 saturated heterocycles. The monoisotopic (exact) mass is 433 g/mol. The Labute approximate surface area is 183 Å². The number of hydrogen-bond acceptors (Lipinski definition) is 7. The molecule has 0 aliphatic carbocycles. The van der Waals surface area contributed by atoms with Crippen molar-refractivity contribution < 1.29 is 9.47 Å². The van der Waals surface area contributed by atoms with E-state index in [-0.39, 0.29) is 6.79 Å². The van der Waals surface area contributed by atoms with Gasteiger partial charge in [-0.3, -0.25) is 9.67 Å². The van der Waals surface area contributed by atoms with Gasteiger partial charge in [0.2, 0.25) is 6.79 Å². The first-order valence-electron chi connectivity index (χ1n) is 9.78. The summed E-state index contributed by atoms with van der Waals surface area (Å²) in [5.41, 5.74) is 3.86. The Kier molecular flexibility index (Phi) is 5.04. The average molecular weight is 433 g/mol. The lowest BCUT2D eigenvalue weighted by Crippen LogP contribution is -2.28. The standard InChI is InChI=1S/C21H19N7O2S/c1-2-22-21(31)27-19-6-4-15-20(26-19)25-16(9-23-15)14-8-24-28(11-14)10-13-3-5-17-18(7-13)30-12-29-17/h3-9,11H,2,10,12H2,1H3,(H2,22,25,26,27,31). The number of thiocarbonyl (C=S) groups is 1. The van der Waals surface area contributed by atoms with E-state index in [0.717, 1.165) is 29.2 Å². The Morgan fingerprint density at radius 1 is 1.13 bits per heavy atom. The third-order valence-corrected chi connectivity index (χ3v) is 4.94. The van der Waals surface area contributed by atoms with Gasteiger partial charge in [0.15, 0.2) is 22.3 Å². The van der Waals surface area contributed by atoms with Crippen LogP contribution in [0.4, 0.5) is 5.82 Å². The SMILES string of the molecule is CCNC(=S)Nc1ccc2ncc(-c3cnn(Cc4ccc5c(c4)OCO5)c3)nc2n1. The molecule has 0 unspecified atom stereocenters. The zero-order valence-corrected chi connectivity index (χ0v) is 17.5. The molecule has 0 saturated carbocycles. The third kappa shape index (κ3) is 4.10. The quantitative estimate of drug-likeness (QED) is 0.460. The molecule has 0 bridgehead atoms. The second kappa shape index (κ2) is 8.15.